The molecule has 2 fully saturated rings. The molecule has 1 aliphatic carbocycles. The van der Waals surface area contributed by atoms with Crippen LogP contribution in [0.3, 0.4) is 0 Å². The number of nitrogens with zero attached hydrogens (tertiary/aromatic N) is 3. The Bertz CT molecular complexity index is 1220. The number of benzene rings is 1. The van der Waals surface area contributed by atoms with Gasteiger partial charge < -0.3 is 20.1 Å². The highest BCUT2D eigenvalue weighted by molar-refractivity contribution is 7.80. The predicted octanol–water partition coefficient (Wildman–Crippen LogP) is 5.14. The number of rotatable bonds is 7. The standard InChI is InChI=1S/C27H31N5OS/c1-17-8-4-5-9-22(17)29-24(33)13-15-31-26(21-16-18(2)32(19(21)3)20-11-12-20)25(30-27(31)34)23-10-6-7-14-28-23/h4-10,14,16,20,25-26H,11-13,15H2,1-3H3,(H,29,33)(H,30,34). The molecule has 6 nitrogen and oxygen atoms in total. The molecular formula is C27H31N5OS. The van der Waals surface area contributed by atoms with Crippen molar-refractivity contribution in [3.05, 3.63) is 82.9 Å². The first-order chi connectivity index (χ1) is 16.4. The van der Waals surface area contributed by atoms with E-state index in [4.69, 9.17) is 12.2 Å². The number of carbonyl (C=O) groups is 1. The maximum atomic E-state index is 12.8. The van der Waals surface area contributed by atoms with Crippen molar-refractivity contribution in [1.82, 2.24) is 19.8 Å². The Morgan fingerprint density at radius 1 is 1.15 bits per heavy atom. The first kappa shape index (κ1) is 22.6. The van der Waals surface area contributed by atoms with Crippen molar-refractivity contribution < 1.29 is 4.79 Å². The Morgan fingerprint density at radius 2 is 1.91 bits per heavy atom. The lowest BCUT2D eigenvalue weighted by Crippen LogP contribution is -2.33. The van der Waals surface area contributed by atoms with Gasteiger partial charge in [0.1, 0.15) is 0 Å². The summed E-state index contributed by atoms with van der Waals surface area (Å²) in [4.78, 5) is 19.6. The number of para-hydroxylation sites is 1. The minimum Gasteiger partial charge on any atom is -0.352 e. The zero-order chi connectivity index (χ0) is 23.8. The molecule has 1 saturated carbocycles. The molecule has 1 aliphatic heterocycles. The van der Waals surface area contributed by atoms with Crippen LogP contribution >= 0.6 is 12.2 Å². The molecule has 0 spiro atoms. The second-order valence-electron chi connectivity index (χ2n) is 9.36. The topological polar surface area (TPSA) is 62.2 Å². The van der Waals surface area contributed by atoms with Crippen LogP contribution in [0.1, 0.15) is 65.6 Å². The fraction of sp³-hybridized carbons (Fsp3) is 0.370. The van der Waals surface area contributed by atoms with E-state index in [-0.39, 0.29) is 18.0 Å². The Hall–Kier alpha value is -3.19. The normalized spacial score (nSPS) is 19.9. The zero-order valence-corrected chi connectivity index (χ0v) is 20.7. The number of aromatic nitrogens is 2. The van der Waals surface area contributed by atoms with Crippen molar-refractivity contribution in [3.8, 4) is 0 Å². The SMILES string of the molecule is Cc1ccccc1NC(=O)CCN1C(=S)NC(c2ccccn2)C1c1cc(C)n(C2CC2)c1C. The number of hydrogen-bond acceptors (Lipinski definition) is 3. The average Bonchev–Trinajstić information content (AvgIpc) is 3.54. The molecule has 1 saturated heterocycles. The molecule has 7 heteroatoms. The Balaban J connectivity index is 1.42. The molecule has 1 amide bonds. The van der Waals surface area contributed by atoms with Crippen molar-refractivity contribution in [2.45, 2.75) is 58.2 Å². The van der Waals surface area contributed by atoms with Gasteiger partial charge in [0.05, 0.1) is 17.8 Å². The van der Waals surface area contributed by atoms with Crippen LogP contribution in [-0.2, 0) is 4.79 Å². The number of hydrogen-bond donors (Lipinski definition) is 2. The maximum absolute atomic E-state index is 12.8. The number of carbonyl (C=O) groups excluding carboxylic acids is 1. The molecule has 176 valence electrons. The van der Waals surface area contributed by atoms with Gasteiger partial charge in [0.25, 0.3) is 0 Å². The van der Waals surface area contributed by atoms with Gasteiger partial charge in [-0.3, -0.25) is 9.78 Å². The average molecular weight is 474 g/mol. The molecule has 2 N–H and O–H groups in total. The number of pyridine rings is 1. The predicted molar refractivity (Wildman–Crippen MR) is 139 cm³/mol. The molecule has 0 radical (unpaired) electrons. The Morgan fingerprint density at radius 3 is 2.62 bits per heavy atom. The third-order valence-corrected chi connectivity index (χ3v) is 7.30. The quantitative estimate of drug-likeness (QED) is 0.465. The zero-order valence-electron chi connectivity index (χ0n) is 19.9. The van der Waals surface area contributed by atoms with Crippen LogP contribution in [0.25, 0.3) is 0 Å². The summed E-state index contributed by atoms with van der Waals surface area (Å²) in [6.07, 6.45) is 4.65. The second kappa shape index (κ2) is 9.22. The molecule has 0 bridgehead atoms. The summed E-state index contributed by atoms with van der Waals surface area (Å²) in [7, 11) is 0. The largest absolute Gasteiger partial charge is 0.352 e. The monoisotopic (exact) mass is 473 g/mol. The summed E-state index contributed by atoms with van der Waals surface area (Å²) < 4.78 is 2.47. The van der Waals surface area contributed by atoms with Gasteiger partial charge in [-0.05, 0) is 81.2 Å². The second-order valence-corrected chi connectivity index (χ2v) is 9.75. The molecule has 3 aromatic rings. The van der Waals surface area contributed by atoms with E-state index in [1.165, 1.54) is 29.8 Å². The van der Waals surface area contributed by atoms with E-state index in [1.54, 1.807) is 0 Å². The van der Waals surface area contributed by atoms with Gasteiger partial charge in [-0.15, -0.1) is 0 Å². The van der Waals surface area contributed by atoms with E-state index in [2.05, 4.69) is 45.0 Å². The lowest BCUT2D eigenvalue weighted by atomic mass is 9.96. The molecule has 5 rings (SSSR count). The van der Waals surface area contributed by atoms with Crippen LogP contribution in [-0.4, -0.2) is 32.0 Å². The van der Waals surface area contributed by atoms with Crippen LogP contribution in [0.5, 0.6) is 0 Å². The maximum Gasteiger partial charge on any atom is 0.226 e. The van der Waals surface area contributed by atoms with E-state index in [9.17, 15) is 4.79 Å². The van der Waals surface area contributed by atoms with Gasteiger partial charge in [-0.25, -0.2) is 0 Å². The van der Waals surface area contributed by atoms with Crippen molar-refractivity contribution in [2.75, 3.05) is 11.9 Å². The first-order valence-electron chi connectivity index (χ1n) is 12.0. The summed E-state index contributed by atoms with van der Waals surface area (Å²) in [5, 5.41) is 7.22. The number of anilines is 1. The van der Waals surface area contributed by atoms with Gasteiger partial charge >= 0.3 is 0 Å². The van der Waals surface area contributed by atoms with Crippen molar-refractivity contribution >= 4 is 28.9 Å². The summed E-state index contributed by atoms with van der Waals surface area (Å²) in [6, 6.07) is 16.6. The van der Waals surface area contributed by atoms with Crippen molar-refractivity contribution in [1.29, 1.82) is 0 Å². The fourth-order valence-electron chi connectivity index (χ4n) is 5.13. The van der Waals surface area contributed by atoms with Crippen molar-refractivity contribution in [3.63, 3.8) is 0 Å². The van der Waals surface area contributed by atoms with E-state index >= 15 is 0 Å². The Kier molecular flexibility index (Phi) is 6.13. The van der Waals surface area contributed by atoms with Gasteiger partial charge in [-0.2, -0.15) is 0 Å². The van der Waals surface area contributed by atoms with Gasteiger partial charge in [0.15, 0.2) is 5.11 Å². The smallest absolute Gasteiger partial charge is 0.226 e. The fourth-order valence-corrected chi connectivity index (χ4v) is 5.46. The number of amides is 1. The minimum absolute atomic E-state index is 0.0133. The van der Waals surface area contributed by atoms with Gasteiger partial charge in [-0.1, -0.05) is 24.3 Å². The Labute approximate surface area is 206 Å². The van der Waals surface area contributed by atoms with E-state index in [0.29, 0.717) is 24.1 Å². The molecule has 34 heavy (non-hydrogen) atoms. The molecule has 3 heterocycles. The van der Waals surface area contributed by atoms with E-state index < -0.39 is 0 Å². The molecule has 2 aliphatic rings. The third-order valence-electron chi connectivity index (χ3n) is 6.95. The van der Waals surface area contributed by atoms with E-state index in [0.717, 1.165) is 16.9 Å². The van der Waals surface area contributed by atoms with E-state index in [1.807, 2.05) is 55.6 Å². The summed E-state index contributed by atoms with van der Waals surface area (Å²) in [5.41, 5.74) is 6.68. The number of aryl methyl sites for hydroxylation is 2. The number of thiocarbonyl (C=S) groups is 1. The van der Waals surface area contributed by atoms with Gasteiger partial charge in [0.2, 0.25) is 5.91 Å². The van der Waals surface area contributed by atoms with Crippen LogP contribution < -0.4 is 10.6 Å². The highest BCUT2D eigenvalue weighted by Crippen LogP contribution is 2.44. The molecular weight excluding hydrogens is 442 g/mol. The highest BCUT2D eigenvalue weighted by atomic mass is 32.1. The van der Waals surface area contributed by atoms with Gasteiger partial charge in [0, 0.05) is 42.3 Å². The minimum atomic E-state index is -0.0683. The van der Waals surface area contributed by atoms with Crippen LogP contribution in [0.15, 0.2) is 54.7 Å². The third kappa shape index (κ3) is 4.32. The molecule has 2 aromatic heterocycles. The van der Waals surface area contributed by atoms with Crippen LogP contribution in [0.4, 0.5) is 5.69 Å². The number of nitrogens with one attached hydrogen (secondary N) is 2. The summed E-state index contributed by atoms with van der Waals surface area (Å²) in [6.45, 7) is 6.93. The van der Waals surface area contributed by atoms with Crippen LogP contribution in [0.2, 0.25) is 0 Å². The molecule has 1 aromatic carbocycles. The van der Waals surface area contributed by atoms with Crippen molar-refractivity contribution in [2.24, 2.45) is 0 Å². The molecule has 2 unspecified atom stereocenters. The summed E-state index contributed by atoms with van der Waals surface area (Å²) >= 11 is 5.79. The van der Waals surface area contributed by atoms with Crippen LogP contribution in [0, 0.1) is 20.8 Å². The summed E-state index contributed by atoms with van der Waals surface area (Å²) in [5.74, 6) is -0.0133. The highest BCUT2D eigenvalue weighted by Gasteiger charge is 2.42. The lowest BCUT2D eigenvalue weighted by molar-refractivity contribution is -0.116. The lowest BCUT2D eigenvalue weighted by Gasteiger charge is -2.28. The first-order valence-corrected chi connectivity index (χ1v) is 12.4. The molecule has 2 atom stereocenters.